The number of hydrogen-bond acceptors (Lipinski definition) is 1. The van der Waals surface area contributed by atoms with Crippen molar-refractivity contribution in [2.45, 2.75) is 26.8 Å². The number of aryl methyl sites for hydroxylation is 1. The molecule has 90 valence electrons. The first-order chi connectivity index (χ1) is 8.13. The van der Waals surface area contributed by atoms with Crippen LogP contribution in [0, 0.1) is 0 Å². The van der Waals surface area contributed by atoms with Crippen molar-refractivity contribution < 1.29 is 4.79 Å². The second kappa shape index (κ2) is 4.62. The smallest absolute Gasteiger partial charge is 0.219 e. The van der Waals surface area contributed by atoms with Crippen LogP contribution in [0.4, 0.5) is 0 Å². The minimum atomic E-state index is 0.0886. The molecule has 2 rings (SSSR count). The van der Waals surface area contributed by atoms with Crippen molar-refractivity contribution in [1.29, 1.82) is 0 Å². The molecule has 0 fully saturated rings. The summed E-state index contributed by atoms with van der Waals surface area (Å²) >= 11 is 0. The lowest BCUT2D eigenvalue weighted by molar-refractivity contribution is -0.128. The highest BCUT2D eigenvalue weighted by Crippen LogP contribution is 2.23. The number of carbonyl (C=O) groups excluding carboxylic acids is 1. The van der Waals surface area contributed by atoms with Crippen LogP contribution in [0.25, 0.3) is 10.9 Å². The molecule has 0 atom stereocenters. The molecule has 1 aromatic carbocycles. The molecule has 0 saturated heterocycles. The first kappa shape index (κ1) is 11.7. The van der Waals surface area contributed by atoms with E-state index in [4.69, 9.17) is 0 Å². The van der Waals surface area contributed by atoms with Gasteiger partial charge in [0.25, 0.3) is 0 Å². The quantitative estimate of drug-likeness (QED) is 0.864. The van der Waals surface area contributed by atoms with E-state index in [1.807, 2.05) is 19.2 Å². The van der Waals surface area contributed by atoms with E-state index in [9.17, 15) is 4.79 Å². The lowest BCUT2D eigenvalue weighted by atomic mass is 10.1. The molecule has 1 aromatic heterocycles. The van der Waals surface area contributed by atoms with Crippen LogP contribution in [0.3, 0.4) is 0 Å². The van der Waals surface area contributed by atoms with Gasteiger partial charge in [0, 0.05) is 30.6 Å². The number of carbonyl (C=O) groups is 1. The fourth-order valence-corrected chi connectivity index (χ4v) is 2.14. The standard InChI is InChI=1S/C14H18N2O/c1-4-11-12-7-5-6-8-13(12)15-14(11)9-16(3)10(2)17/h5-8,15H,4,9H2,1-3H3. The summed E-state index contributed by atoms with van der Waals surface area (Å²) in [5.41, 5.74) is 3.61. The summed E-state index contributed by atoms with van der Waals surface area (Å²) in [6, 6.07) is 8.28. The first-order valence-electron chi connectivity index (χ1n) is 5.93. The SMILES string of the molecule is CCc1c(CN(C)C(C)=O)[nH]c2ccccc12. The molecule has 2 aromatic rings. The summed E-state index contributed by atoms with van der Waals surface area (Å²) in [5.74, 6) is 0.0886. The van der Waals surface area contributed by atoms with Gasteiger partial charge in [-0.2, -0.15) is 0 Å². The van der Waals surface area contributed by atoms with Gasteiger partial charge < -0.3 is 9.88 Å². The van der Waals surface area contributed by atoms with Crippen LogP contribution >= 0.6 is 0 Å². The number of nitrogens with zero attached hydrogens (tertiary/aromatic N) is 1. The van der Waals surface area contributed by atoms with E-state index in [2.05, 4.69) is 24.0 Å². The summed E-state index contributed by atoms with van der Waals surface area (Å²) in [7, 11) is 1.83. The molecule has 0 aliphatic heterocycles. The molecular formula is C14H18N2O. The second-order valence-corrected chi connectivity index (χ2v) is 4.36. The van der Waals surface area contributed by atoms with Crippen molar-refractivity contribution in [2.24, 2.45) is 0 Å². The van der Waals surface area contributed by atoms with Gasteiger partial charge in [-0.1, -0.05) is 25.1 Å². The van der Waals surface area contributed by atoms with E-state index in [1.54, 1.807) is 11.8 Å². The van der Waals surface area contributed by atoms with E-state index >= 15 is 0 Å². The molecule has 0 aliphatic carbocycles. The number of nitrogens with one attached hydrogen (secondary N) is 1. The summed E-state index contributed by atoms with van der Waals surface area (Å²) in [6.45, 7) is 4.38. The predicted molar refractivity (Wildman–Crippen MR) is 69.8 cm³/mol. The van der Waals surface area contributed by atoms with Crippen LogP contribution < -0.4 is 0 Å². The van der Waals surface area contributed by atoms with Gasteiger partial charge in [-0.3, -0.25) is 4.79 Å². The van der Waals surface area contributed by atoms with Crippen LogP contribution in [-0.4, -0.2) is 22.8 Å². The Labute approximate surface area is 101 Å². The zero-order valence-electron chi connectivity index (χ0n) is 10.6. The fourth-order valence-electron chi connectivity index (χ4n) is 2.14. The highest BCUT2D eigenvalue weighted by molar-refractivity contribution is 5.84. The number of rotatable bonds is 3. The largest absolute Gasteiger partial charge is 0.357 e. The number of H-pyrrole nitrogens is 1. The van der Waals surface area contributed by atoms with Gasteiger partial charge in [0.15, 0.2) is 0 Å². The molecule has 1 heterocycles. The Kier molecular flexibility index (Phi) is 3.18. The average Bonchev–Trinajstić information content (AvgIpc) is 2.65. The third-order valence-electron chi connectivity index (χ3n) is 3.19. The number of benzene rings is 1. The Morgan fingerprint density at radius 2 is 2.06 bits per heavy atom. The molecule has 1 amide bonds. The lowest BCUT2D eigenvalue weighted by Crippen LogP contribution is -2.23. The minimum absolute atomic E-state index is 0.0886. The Morgan fingerprint density at radius 3 is 2.71 bits per heavy atom. The molecule has 0 bridgehead atoms. The zero-order chi connectivity index (χ0) is 12.4. The number of hydrogen-bond donors (Lipinski definition) is 1. The fraction of sp³-hybridized carbons (Fsp3) is 0.357. The molecule has 1 N–H and O–H groups in total. The minimum Gasteiger partial charge on any atom is -0.357 e. The number of aromatic nitrogens is 1. The van der Waals surface area contributed by atoms with Crippen molar-refractivity contribution >= 4 is 16.8 Å². The summed E-state index contributed by atoms with van der Waals surface area (Å²) in [6.07, 6.45) is 0.977. The van der Waals surface area contributed by atoms with Gasteiger partial charge in [-0.25, -0.2) is 0 Å². The number of fused-ring (bicyclic) bond motifs is 1. The van der Waals surface area contributed by atoms with Crippen LogP contribution in [0.2, 0.25) is 0 Å². The molecule has 17 heavy (non-hydrogen) atoms. The second-order valence-electron chi connectivity index (χ2n) is 4.36. The van der Waals surface area contributed by atoms with Gasteiger partial charge in [0.1, 0.15) is 0 Å². The zero-order valence-corrected chi connectivity index (χ0v) is 10.6. The Hall–Kier alpha value is -1.77. The third kappa shape index (κ3) is 2.18. The lowest BCUT2D eigenvalue weighted by Gasteiger charge is -2.14. The molecule has 3 heteroatoms. The molecule has 0 saturated carbocycles. The first-order valence-corrected chi connectivity index (χ1v) is 5.93. The Bertz CT molecular complexity index is 542. The van der Waals surface area contributed by atoms with E-state index in [0.29, 0.717) is 6.54 Å². The van der Waals surface area contributed by atoms with E-state index in [0.717, 1.165) is 17.6 Å². The third-order valence-corrected chi connectivity index (χ3v) is 3.19. The average molecular weight is 230 g/mol. The highest BCUT2D eigenvalue weighted by atomic mass is 16.2. The Morgan fingerprint density at radius 1 is 1.35 bits per heavy atom. The number of amides is 1. The van der Waals surface area contributed by atoms with Crippen molar-refractivity contribution in [3.8, 4) is 0 Å². The monoisotopic (exact) mass is 230 g/mol. The van der Waals surface area contributed by atoms with Crippen LogP contribution in [-0.2, 0) is 17.8 Å². The van der Waals surface area contributed by atoms with Crippen molar-refractivity contribution in [3.63, 3.8) is 0 Å². The van der Waals surface area contributed by atoms with Crippen LogP contribution in [0.5, 0.6) is 0 Å². The molecule has 0 radical (unpaired) electrons. The van der Waals surface area contributed by atoms with Crippen LogP contribution in [0.1, 0.15) is 25.1 Å². The topological polar surface area (TPSA) is 36.1 Å². The van der Waals surface area contributed by atoms with Crippen molar-refractivity contribution in [1.82, 2.24) is 9.88 Å². The maximum atomic E-state index is 11.3. The molecule has 0 aliphatic rings. The summed E-state index contributed by atoms with van der Waals surface area (Å²) in [4.78, 5) is 16.4. The predicted octanol–water partition coefficient (Wildman–Crippen LogP) is 2.71. The summed E-state index contributed by atoms with van der Waals surface area (Å²) in [5, 5.41) is 1.27. The van der Waals surface area contributed by atoms with Gasteiger partial charge in [0.05, 0.1) is 6.54 Å². The van der Waals surface area contributed by atoms with Gasteiger partial charge in [-0.15, -0.1) is 0 Å². The highest BCUT2D eigenvalue weighted by Gasteiger charge is 2.12. The number of aromatic amines is 1. The number of para-hydroxylation sites is 1. The molecule has 0 unspecified atom stereocenters. The van der Waals surface area contributed by atoms with E-state index < -0.39 is 0 Å². The van der Waals surface area contributed by atoms with Gasteiger partial charge >= 0.3 is 0 Å². The van der Waals surface area contributed by atoms with Crippen LogP contribution in [0.15, 0.2) is 24.3 Å². The Balaban J connectivity index is 2.43. The van der Waals surface area contributed by atoms with E-state index in [-0.39, 0.29) is 5.91 Å². The van der Waals surface area contributed by atoms with Gasteiger partial charge in [-0.05, 0) is 18.1 Å². The molecular weight excluding hydrogens is 212 g/mol. The maximum Gasteiger partial charge on any atom is 0.219 e. The molecule has 0 spiro atoms. The van der Waals surface area contributed by atoms with E-state index in [1.165, 1.54) is 10.9 Å². The van der Waals surface area contributed by atoms with Crippen molar-refractivity contribution in [2.75, 3.05) is 7.05 Å². The maximum absolute atomic E-state index is 11.3. The van der Waals surface area contributed by atoms with Crippen molar-refractivity contribution in [3.05, 3.63) is 35.5 Å². The van der Waals surface area contributed by atoms with Gasteiger partial charge in [0.2, 0.25) is 5.91 Å². The molecule has 3 nitrogen and oxygen atoms in total. The normalized spacial score (nSPS) is 10.8. The summed E-state index contributed by atoms with van der Waals surface area (Å²) < 4.78 is 0.